The van der Waals surface area contributed by atoms with E-state index in [1.165, 1.54) is 6.42 Å². The van der Waals surface area contributed by atoms with E-state index in [4.69, 9.17) is 4.79 Å². The third kappa shape index (κ3) is 6.85. The van der Waals surface area contributed by atoms with Crippen molar-refractivity contribution < 1.29 is 18.0 Å². The van der Waals surface area contributed by atoms with Crippen molar-refractivity contribution >= 4 is 6.29 Å². The second-order valence-corrected chi connectivity index (χ2v) is 4.37. The molecule has 1 fully saturated rings. The number of aryl methyl sites for hydroxylation is 1. The first kappa shape index (κ1) is 15.6. The predicted octanol–water partition coefficient (Wildman–Crippen LogP) is 1.68. The molecule has 19 heavy (non-hydrogen) atoms. The molecule has 1 atom stereocenters. The SMILES string of the molecule is Cc1cnc(C[C@@H]2CCNC2)cn1.O=CC(F)(F)F. The van der Waals surface area contributed by atoms with Gasteiger partial charge in [-0.2, -0.15) is 13.2 Å². The summed E-state index contributed by atoms with van der Waals surface area (Å²) in [6.45, 7) is 4.26. The summed E-state index contributed by atoms with van der Waals surface area (Å²) >= 11 is 0. The van der Waals surface area contributed by atoms with Crippen LogP contribution in [0.15, 0.2) is 12.4 Å². The Kier molecular flexibility index (Phi) is 5.88. The molecule has 4 nitrogen and oxygen atoms in total. The van der Waals surface area contributed by atoms with Gasteiger partial charge in [-0.1, -0.05) is 0 Å². The normalized spacial score (nSPS) is 18.6. The topological polar surface area (TPSA) is 54.9 Å². The number of aromatic nitrogens is 2. The number of halogens is 3. The van der Waals surface area contributed by atoms with Gasteiger partial charge in [0, 0.05) is 12.4 Å². The number of hydrogen-bond donors (Lipinski definition) is 1. The summed E-state index contributed by atoms with van der Waals surface area (Å²) in [6, 6.07) is 0. The molecule has 0 unspecified atom stereocenters. The van der Waals surface area contributed by atoms with E-state index < -0.39 is 12.5 Å². The first-order chi connectivity index (χ1) is 8.90. The maximum Gasteiger partial charge on any atom is 0.446 e. The lowest BCUT2D eigenvalue weighted by Gasteiger charge is -2.06. The molecule has 1 aliphatic rings. The van der Waals surface area contributed by atoms with E-state index >= 15 is 0 Å². The maximum atomic E-state index is 10.4. The van der Waals surface area contributed by atoms with Crippen molar-refractivity contribution in [1.82, 2.24) is 15.3 Å². The number of hydrogen-bond acceptors (Lipinski definition) is 4. The van der Waals surface area contributed by atoms with Crippen LogP contribution in [-0.2, 0) is 11.2 Å². The highest BCUT2D eigenvalue weighted by Crippen LogP contribution is 2.12. The summed E-state index contributed by atoms with van der Waals surface area (Å²) in [7, 11) is 0. The highest BCUT2D eigenvalue weighted by molar-refractivity contribution is 5.56. The summed E-state index contributed by atoms with van der Waals surface area (Å²) in [5.41, 5.74) is 2.12. The van der Waals surface area contributed by atoms with Crippen LogP contribution in [0.3, 0.4) is 0 Å². The third-order valence-electron chi connectivity index (χ3n) is 2.63. The van der Waals surface area contributed by atoms with Crippen LogP contribution in [0, 0.1) is 12.8 Å². The van der Waals surface area contributed by atoms with Gasteiger partial charge in [0.05, 0.1) is 11.4 Å². The first-order valence-electron chi connectivity index (χ1n) is 5.92. The highest BCUT2D eigenvalue weighted by Gasteiger charge is 2.24. The van der Waals surface area contributed by atoms with E-state index in [2.05, 4.69) is 15.3 Å². The molecular weight excluding hydrogens is 259 g/mol. The van der Waals surface area contributed by atoms with Crippen LogP contribution in [-0.4, -0.2) is 35.5 Å². The van der Waals surface area contributed by atoms with Crippen LogP contribution < -0.4 is 5.32 Å². The summed E-state index contributed by atoms with van der Waals surface area (Å²) in [5, 5.41) is 3.36. The van der Waals surface area contributed by atoms with Gasteiger partial charge in [0.1, 0.15) is 0 Å². The zero-order valence-electron chi connectivity index (χ0n) is 10.6. The van der Waals surface area contributed by atoms with Crippen molar-refractivity contribution in [2.24, 2.45) is 5.92 Å². The first-order valence-corrected chi connectivity index (χ1v) is 5.92. The number of aldehydes is 1. The van der Waals surface area contributed by atoms with Gasteiger partial charge < -0.3 is 5.32 Å². The van der Waals surface area contributed by atoms with E-state index in [1.54, 1.807) is 0 Å². The van der Waals surface area contributed by atoms with Crippen LogP contribution in [0.1, 0.15) is 17.8 Å². The minimum Gasteiger partial charge on any atom is -0.316 e. The molecule has 0 radical (unpaired) electrons. The van der Waals surface area contributed by atoms with Gasteiger partial charge in [-0.05, 0) is 38.8 Å². The van der Waals surface area contributed by atoms with Gasteiger partial charge in [-0.25, -0.2) is 0 Å². The van der Waals surface area contributed by atoms with E-state index in [0.717, 1.165) is 36.8 Å². The number of nitrogens with one attached hydrogen (secondary N) is 1. The Balaban J connectivity index is 0.000000258. The van der Waals surface area contributed by atoms with Gasteiger partial charge in [-0.15, -0.1) is 0 Å². The number of alkyl halides is 3. The lowest BCUT2D eigenvalue weighted by atomic mass is 10.0. The van der Waals surface area contributed by atoms with Crippen molar-refractivity contribution in [3.8, 4) is 0 Å². The fraction of sp³-hybridized carbons (Fsp3) is 0.583. The van der Waals surface area contributed by atoms with Crippen molar-refractivity contribution in [3.05, 3.63) is 23.8 Å². The maximum absolute atomic E-state index is 10.4. The highest BCUT2D eigenvalue weighted by atomic mass is 19.4. The molecule has 1 aromatic heterocycles. The van der Waals surface area contributed by atoms with Gasteiger partial charge in [-0.3, -0.25) is 14.8 Å². The quantitative estimate of drug-likeness (QED) is 0.834. The van der Waals surface area contributed by atoms with E-state index in [9.17, 15) is 13.2 Å². The molecule has 1 saturated heterocycles. The van der Waals surface area contributed by atoms with E-state index in [0.29, 0.717) is 0 Å². The van der Waals surface area contributed by atoms with Gasteiger partial charge in [0.25, 0.3) is 0 Å². The summed E-state index contributed by atoms with van der Waals surface area (Å²) in [4.78, 5) is 17.3. The van der Waals surface area contributed by atoms with Gasteiger partial charge in [0.15, 0.2) is 0 Å². The molecule has 0 bridgehead atoms. The molecule has 0 saturated carbocycles. The second kappa shape index (κ2) is 7.18. The minimum atomic E-state index is -4.64. The molecule has 0 spiro atoms. The Morgan fingerprint density at radius 2 is 2.11 bits per heavy atom. The Labute approximate surface area is 109 Å². The van der Waals surface area contributed by atoms with Crippen LogP contribution in [0.5, 0.6) is 0 Å². The monoisotopic (exact) mass is 275 g/mol. The van der Waals surface area contributed by atoms with Crippen molar-refractivity contribution in [3.63, 3.8) is 0 Å². The van der Waals surface area contributed by atoms with Crippen LogP contribution >= 0.6 is 0 Å². The Hall–Kier alpha value is -1.50. The standard InChI is InChI=1S/C10H15N3.C2HF3O/c1-8-5-13-10(7-12-8)4-9-2-3-11-6-9;3-2(4,5)1-6/h5,7,9,11H,2-4,6H2,1H3;1H/t9-;/m0./s1. The van der Waals surface area contributed by atoms with Crippen molar-refractivity contribution in [2.75, 3.05) is 13.1 Å². The van der Waals surface area contributed by atoms with E-state index in [-0.39, 0.29) is 0 Å². The Morgan fingerprint density at radius 1 is 1.42 bits per heavy atom. The average Bonchev–Trinajstić information content (AvgIpc) is 2.85. The molecule has 0 aromatic carbocycles. The predicted molar refractivity (Wildman–Crippen MR) is 63.6 cm³/mol. The van der Waals surface area contributed by atoms with Crippen LogP contribution in [0.25, 0.3) is 0 Å². The van der Waals surface area contributed by atoms with Gasteiger partial charge in [0.2, 0.25) is 6.29 Å². The van der Waals surface area contributed by atoms with Crippen molar-refractivity contribution in [2.45, 2.75) is 25.9 Å². The fourth-order valence-electron chi connectivity index (χ4n) is 1.71. The molecule has 0 aliphatic carbocycles. The molecule has 1 aromatic rings. The molecule has 1 N–H and O–H groups in total. The average molecular weight is 275 g/mol. The Bertz CT molecular complexity index is 386. The van der Waals surface area contributed by atoms with Gasteiger partial charge >= 0.3 is 6.18 Å². The third-order valence-corrected chi connectivity index (χ3v) is 2.63. The summed E-state index contributed by atoms with van der Waals surface area (Å²) in [5.74, 6) is 0.761. The fourth-order valence-corrected chi connectivity index (χ4v) is 1.71. The van der Waals surface area contributed by atoms with Crippen LogP contribution in [0.2, 0.25) is 0 Å². The zero-order valence-corrected chi connectivity index (χ0v) is 10.6. The number of nitrogens with zero attached hydrogens (tertiary/aromatic N) is 2. The second-order valence-electron chi connectivity index (χ2n) is 4.37. The molecule has 0 amide bonds. The minimum absolute atomic E-state index is 0.761. The Morgan fingerprint density at radius 3 is 2.53 bits per heavy atom. The number of carbonyl (C=O) groups excluding carboxylic acids is 1. The van der Waals surface area contributed by atoms with Crippen LogP contribution in [0.4, 0.5) is 13.2 Å². The molecule has 2 heterocycles. The van der Waals surface area contributed by atoms with Crippen molar-refractivity contribution in [1.29, 1.82) is 0 Å². The number of carbonyl (C=O) groups is 1. The smallest absolute Gasteiger partial charge is 0.316 e. The number of rotatable bonds is 2. The largest absolute Gasteiger partial charge is 0.446 e. The molecular formula is C12H16F3N3O. The van der Waals surface area contributed by atoms with E-state index in [1.807, 2.05) is 19.3 Å². The lowest BCUT2D eigenvalue weighted by molar-refractivity contribution is -0.156. The summed E-state index contributed by atoms with van der Waals surface area (Å²) in [6.07, 6.45) is 0.383. The molecule has 1 aliphatic heterocycles. The molecule has 106 valence electrons. The summed E-state index contributed by atoms with van der Waals surface area (Å²) < 4.78 is 31.2. The zero-order chi connectivity index (χ0) is 14.3. The molecule has 2 rings (SSSR count). The molecule has 7 heteroatoms. The lowest BCUT2D eigenvalue weighted by Crippen LogP contribution is -2.11.